The molecule has 1 aromatic rings. The second kappa shape index (κ2) is 3.05. The van der Waals surface area contributed by atoms with Crippen molar-refractivity contribution in [3.8, 4) is 0 Å². The molecule has 1 atom stereocenters. The fourth-order valence-electron chi connectivity index (χ4n) is 1.81. The van der Waals surface area contributed by atoms with Crippen molar-refractivity contribution in [3.63, 3.8) is 0 Å². The average molecular weight is 179 g/mol. The molecule has 0 aliphatic carbocycles. The monoisotopic (exact) mass is 179 g/mol. The second-order valence-corrected chi connectivity index (χ2v) is 4.14. The minimum atomic E-state index is 0.446. The molecule has 0 radical (unpaired) electrons. The molecule has 3 heteroatoms. The second-order valence-electron chi connectivity index (χ2n) is 4.14. The number of hydrogen-bond donors (Lipinski definition) is 1. The van der Waals surface area contributed by atoms with Gasteiger partial charge < -0.3 is 5.32 Å². The first-order valence-electron chi connectivity index (χ1n) is 5.01. The molecule has 2 heterocycles. The zero-order chi connectivity index (χ0) is 9.42. The van der Waals surface area contributed by atoms with Gasteiger partial charge in [-0.2, -0.15) is 5.10 Å². The zero-order valence-corrected chi connectivity index (χ0v) is 8.54. The number of aromatic nitrogens is 2. The minimum absolute atomic E-state index is 0.446. The lowest BCUT2D eigenvalue weighted by atomic mass is 10.0. The molecule has 0 saturated carbocycles. The molecule has 0 saturated heterocycles. The lowest BCUT2D eigenvalue weighted by Crippen LogP contribution is -2.24. The van der Waals surface area contributed by atoms with Crippen molar-refractivity contribution in [3.05, 3.63) is 11.8 Å². The molecular weight excluding hydrogens is 162 g/mol. The first kappa shape index (κ1) is 8.60. The van der Waals surface area contributed by atoms with Crippen LogP contribution in [0.5, 0.6) is 0 Å². The molecule has 0 amide bonds. The smallest absolute Gasteiger partial charge is 0.127 e. The first-order valence-corrected chi connectivity index (χ1v) is 5.01. The van der Waals surface area contributed by atoms with Gasteiger partial charge in [0.1, 0.15) is 5.82 Å². The van der Waals surface area contributed by atoms with E-state index in [9.17, 15) is 0 Å². The third-order valence-electron chi connectivity index (χ3n) is 2.59. The SMILES string of the molecule is CC1CCc2cnn(C(C)C)c2N1. The predicted molar refractivity (Wildman–Crippen MR) is 54.0 cm³/mol. The summed E-state index contributed by atoms with van der Waals surface area (Å²) in [7, 11) is 0. The van der Waals surface area contributed by atoms with Crippen molar-refractivity contribution >= 4 is 5.82 Å². The van der Waals surface area contributed by atoms with Crippen molar-refractivity contribution in [1.29, 1.82) is 0 Å². The van der Waals surface area contributed by atoms with Gasteiger partial charge in [-0.3, -0.25) is 0 Å². The van der Waals surface area contributed by atoms with Crippen LogP contribution in [0.3, 0.4) is 0 Å². The summed E-state index contributed by atoms with van der Waals surface area (Å²) in [5.74, 6) is 1.23. The van der Waals surface area contributed by atoms with Crippen LogP contribution in [0.15, 0.2) is 6.20 Å². The maximum absolute atomic E-state index is 4.39. The van der Waals surface area contributed by atoms with Gasteiger partial charge in [0, 0.05) is 17.6 Å². The Morgan fingerprint density at radius 2 is 2.38 bits per heavy atom. The highest BCUT2D eigenvalue weighted by atomic mass is 15.3. The highest BCUT2D eigenvalue weighted by molar-refractivity contribution is 5.47. The van der Waals surface area contributed by atoms with E-state index in [0.29, 0.717) is 12.1 Å². The maximum Gasteiger partial charge on any atom is 0.127 e. The van der Waals surface area contributed by atoms with E-state index in [4.69, 9.17) is 0 Å². The summed E-state index contributed by atoms with van der Waals surface area (Å²) in [6.45, 7) is 6.54. The third kappa shape index (κ3) is 1.43. The van der Waals surface area contributed by atoms with E-state index >= 15 is 0 Å². The van der Waals surface area contributed by atoms with E-state index in [-0.39, 0.29) is 0 Å². The van der Waals surface area contributed by atoms with Crippen molar-refractivity contribution in [1.82, 2.24) is 9.78 Å². The third-order valence-corrected chi connectivity index (χ3v) is 2.59. The van der Waals surface area contributed by atoms with E-state index in [0.717, 1.165) is 6.42 Å². The average Bonchev–Trinajstić information content (AvgIpc) is 2.46. The molecular formula is C10H17N3. The Morgan fingerprint density at radius 3 is 3.08 bits per heavy atom. The summed E-state index contributed by atoms with van der Waals surface area (Å²) in [6.07, 6.45) is 4.38. The Labute approximate surface area is 79.1 Å². The van der Waals surface area contributed by atoms with E-state index in [1.165, 1.54) is 17.8 Å². The van der Waals surface area contributed by atoms with Crippen LogP contribution in [0.25, 0.3) is 0 Å². The summed E-state index contributed by atoms with van der Waals surface area (Å²) >= 11 is 0. The number of rotatable bonds is 1. The number of fused-ring (bicyclic) bond motifs is 1. The number of aryl methyl sites for hydroxylation is 1. The Hall–Kier alpha value is -0.990. The highest BCUT2D eigenvalue weighted by Crippen LogP contribution is 2.26. The Kier molecular flexibility index (Phi) is 2.02. The Balaban J connectivity index is 2.35. The van der Waals surface area contributed by atoms with Crippen LogP contribution in [0.2, 0.25) is 0 Å². The van der Waals surface area contributed by atoms with Crippen LogP contribution in [-0.2, 0) is 6.42 Å². The quantitative estimate of drug-likeness (QED) is 0.716. The van der Waals surface area contributed by atoms with Crippen LogP contribution < -0.4 is 5.32 Å². The standard InChI is InChI=1S/C10H17N3/c1-7(2)13-10-9(6-11-13)5-4-8(3)12-10/h6-8,12H,4-5H2,1-3H3. The van der Waals surface area contributed by atoms with E-state index in [2.05, 4.69) is 35.9 Å². The van der Waals surface area contributed by atoms with Crippen LogP contribution in [0.1, 0.15) is 38.8 Å². The molecule has 1 unspecified atom stereocenters. The summed E-state index contributed by atoms with van der Waals surface area (Å²) in [5.41, 5.74) is 1.37. The molecule has 0 fully saturated rings. The molecule has 1 aliphatic heterocycles. The van der Waals surface area contributed by atoms with Crippen LogP contribution >= 0.6 is 0 Å². The lowest BCUT2D eigenvalue weighted by Gasteiger charge is -2.23. The summed E-state index contributed by atoms with van der Waals surface area (Å²) in [6, 6.07) is 1.03. The zero-order valence-electron chi connectivity index (χ0n) is 8.54. The molecule has 3 nitrogen and oxygen atoms in total. The summed E-state index contributed by atoms with van der Waals surface area (Å²) < 4.78 is 2.07. The van der Waals surface area contributed by atoms with Gasteiger partial charge in [-0.05, 0) is 33.6 Å². The molecule has 0 aromatic carbocycles. The highest BCUT2D eigenvalue weighted by Gasteiger charge is 2.19. The van der Waals surface area contributed by atoms with E-state index < -0.39 is 0 Å². The van der Waals surface area contributed by atoms with Gasteiger partial charge in [-0.1, -0.05) is 0 Å². The molecule has 0 spiro atoms. The molecule has 72 valence electrons. The van der Waals surface area contributed by atoms with Crippen molar-refractivity contribution in [2.45, 2.75) is 45.7 Å². The summed E-state index contributed by atoms with van der Waals surface area (Å²) in [4.78, 5) is 0. The number of nitrogens with one attached hydrogen (secondary N) is 1. The van der Waals surface area contributed by atoms with Crippen LogP contribution in [0, 0.1) is 0 Å². The van der Waals surface area contributed by atoms with Crippen molar-refractivity contribution in [2.24, 2.45) is 0 Å². The normalized spacial score (nSPS) is 21.4. The van der Waals surface area contributed by atoms with Crippen LogP contribution in [-0.4, -0.2) is 15.8 Å². The molecule has 1 aliphatic rings. The van der Waals surface area contributed by atoms with Crippen molar-refractivity contribution < 1.29 is 0 Å². The fourth-order valence-corrected chi connectivity index (χ4v) is 1.81. The van der Waals surface area contributed by atoms with Gasteiger partial charge in [-0.25, -0.2) is 4.68 Å². The topological polar surface area (TPSA) is 29.9 Å². The van der Waals surface area contributed by atoms with Gasteiger partial charge in [0.25, 0.3) is 0 Å². The van der Waals surface area contributed by atoms with Gasteiger partial charge in [0.2, 0.25) is 0 Å². The first-order chi connectivity index (χ1) is 6.18. The Bertz CT molecular complexity index is 301. The molecule has 1 N–H and O–H groups in total. The van der Waals surface area contributed by atoms with Gasteiger partial charge in [0.15, 0.2) is 0 Å². The number of anilines is 1. The van der Waals surface area contributed by atoms with Gasteiger partial charge in [0.05, 0.1) is 6.20 Å². The fraction of sp³-hybridized carbons (Fsp3) is 0.700. The predicted octanol–water partition coefficient (Wildman–Crippen LogP) is 2.21. The largest absolute Gasteiger partial charge is 0.368 e. The van der Waals surface area contributed by atoms with Gasteiger partial charge in [-0.15, -0.1) is 0 Å². The molecule has 0 bridgehead atoms. The van der Waals surface area contributed by atoms with E-state index in [1.54, 1.807) is 0 Å². The van der Waals surface area contributed by atoms with Crippen molar-refractivity contribution in [2.75, 3.05) is 5.32 Å². The lowest BCUT2D eigenvalue weighted by molar-refractivity contribution is 0.529. The molecule has 2 rings (SSSR count). The number of hydrogen-bond acceptors (Lipinski definition) is 2. The molecule has 13 heavy (non-hydrogen) atoms. The van der Waals surface area contributed by atoms with Crippen LogP contribution in [0.4, 0.5) is 5.82 Å². The number of nitrogens with zero attached hydrogens (tertiary/aromatic N) is 2. The van der Waals surface area contributed by atoms with Gasteiger partial charge >= 0.3 is 0 Å². The summed E-state index contributed by atoms with van der Waals surface area (Å²) in [5, 5.41) is 7.88. The maximum atomic E-state index is 4.39. The Morgan fingerprint density at radius 1 is 1.62 bits per heavy atom. The minimum Gasteiger partial charge on any atom is -0.368 e. The molecule has 1 aromatic heterocycles. The van der Waals surface area contributed by atoms with E-state index in [1.807, 2.05) is 6.20 Å².